The molecular weight excluding hydrogens is 295 g/mol. The van der Waals surface area contributed by atoms with Gasteiger partial charge >= 0.3 is 6.36 Å². The first kappa shape index (κ1) is 14.3. The normalized spacial score (nSPS) is 11.2. The van der Waals surface area contributed by atoms with Crippen LogP contribution in [0.3, 0.4) is 0 Å². The number of rotatable bonds is 3. The zero-order valence-electron chi connectivity index (χ0n) is 9.95. The summed E-state index contributed by atoms with van der Waals surface area (Å²) in [5.41, 5.74) is 5.91. The first-order valence-electron chi connectivity index (χ1n) is 5.43. The average molecular weight is 304 g/mol. The number of benzene rings is 2. The predicted octanol–water partition coefficient (Wildman–Crippen LogP) is 4.61. The van der Waals surface area contributed by atoms with Crippen molar-refractivity contribution in [3.63, 3.8) is 0 Å². The van der Waals surface area contributed by atoms with Crippen LogP contribution in [0.2, 0.25) is 5.02 Å². The summed E-state index contributed by atoms with van der Waals surface area (Å²) < 4.78 is 46.0. The van der Waals surface area contributed by atoms with Crippen molar-refractivity contribution in [1.29, 1.82) is 0 Å². The van der Waals surface area contributed by atoms with Crippen LogP contribution in [0.5, 0.6) is 17.2 Å². The summed E-state index contributed by atoms with van der Waals surface area (Å²) in [5.74, 6) is -0.422. The van der Waals surface area contributed by atoms with E-state index in [0.29, 0.717) is 5.02 Å². The van der Waals surface area contributed by atoms with Crippen molar-refractivity contribution in [2.75, 3.05) is 5.73 Å². The van der Waals surface area contributed by atoms with Gasteiger partial charge in [0, 0.05) is 11.1 Å². The summed E-state index contributed by atoms with van der Waals surface area (Å²) in [4.78, 5) is 0. The van der Waals surface area contributed by atoms with Gasteiger partial charge in [-0.1, -0.05) is 23.7 Å². The van der Waals surface area contributed by atoms with Crippen LogP contribution < -0.4 is 15.2 Å². The molecule has 3 nitrogen and oxygen atoms in total. The maximum Gasteiger partial charge on any atom is 0.573 e. The monoisotopic (exact) mass is 303 g/mol. The van der Waals surface area contributed by atoms with E-state index in [1.807, 2.05) is 0 Å². The minimum Gasteiger partial charge on any atom is -0.451 e. The van der Waals surface area contributed by atoms with Gasteiger partial charge < -0.3 is 15.2 Å². The molecule has 20 heavy (non-hydrogen) atoms. The highest BCUT2D eigenvalue weighted by Gasteiger charge is 2.32. The minimum atomic E-state index is -4.81. The predicted molar refractivity (Wildman–Crippen MR) is 69.1 cm³/mol. The Kier molecular flexibility index (Phi) is 3.94. The average Bonchev–Trinajstić information content (AvgIpc) is 2.34. The number of hydrogen-bond acceptors (Lipinski definition) is 3. The molecule has 0 bridgehead atoms. The zero-order valence-corrected chi connectivity index (χ0v) is 10.7. The van der Waals surface area contributed by atoms with Crippen LogP contribution in [0.25, 0.3) is 0 Å². The van der Waals surface area contributed by atoms with Crippen molar-refractivity contribution in [2.24, 2.45) is 0 Å². The number of nitrogens with two attached hydrogens (primary N) is 1. The van der Waals surface area contributed by atoms with Crippen molar-refractivity contribution in [2.45, 2.75) is 6.36 Å². The number of alkyl halides is 3. The molecule has 7 heteroatoms. The standard InChI is InChI=1S/C13H9ClF3NO2/c14-8-5-6-9(18)12(7-8)19-10-3-1-2-4-11(10)20-13(15,16)17/h1-7H,18H2. The number of anilines is 1. The lowest BCUT2D eigenvalue weighted by Gasteiger charge is -2.14. The SMILES string of the molecule is Nc1ccc(Cl)cc1Oc1ccccc1OC(F)(F)F. The van der Waals surface area contributed by atoms with Gasteiger partial charge in [-0.15, -0.1) is 13.2 Å². The first-order chi connectivity index (χ1) is 9.35. The van der Waals surface area contributed by atoms with Crippen molar-refractivity contribution in [3.05, 3.63) is 47.5 Å². The summed E-state index contributed by atoms with van der Waals surface area (Å²) in [5, 5.41) is 0.350. The highest BCUT2D eigenvalue weighted by atomic mass is 35.5. The van der Waals surface area contributed by atoms with Crippen LogP contribution >= 0.6 is 11.6 Å². The van der Waals surface area contributed by atoms with Gasteiger partial charge in [0.1, 0.15) is 0 Å². The number of halogens is 4. The summed E-state index contributed by atoms with van der Waals surface area (Å²) in [6.07, 6.45) is -4.81. The smallest absolute Gasteiger partial charge is 0.451 e. The molecule has 0 fully saturated rings. The summed E-state index contributed by atoms with van der Waals surface area (Å²) in [6.45, 7) is 0. The van der Waals surface area contributed by atoms with Gasteiger partial charge in [0.2, 0.25) is 0 Å². The van der Waals surface area contributed by atoms with Gasteiger partial charge in [0.25, 0.3) is 0 Å². The molecule has 0 saturated heterocycles. The molecule has 2 rings (SSSR count). The Morgan fingerprint density at radius 2 is 1.60 bits per heavy atom. The summed E-state index contributed by atoms with van der Waals surface area (Å²) in [7, 11) is 0. The molecule has 106 valence electrons. The van der Waals surface area contributed by atoms with E-state index in [1.54, 1.807) is 6.07 Å². The van der Waals surface area contributed by atoms with Gasteiger partial charge in [0.15, 0.2) is 17.2 Å². The van der Waals surface area contributed by atoms with Crippen LogP contribution in [0.15, 0.2) is 42.5 Å². The minimum absolute atomic E-state index is 0.112. The number of nitrogen functional groups attached to an aromatic ring is 1. The Morgan fingerprint density at radius 1 is 0.950 bits per heavy atom. The fourth-order valence-corrected chi connectivity index (χ4v) is 1.62. The number of ether oxygens (including phenoxy) is 2. The molecule has 2 N–H and O–H groups in total. The molecule has 0 aromatic heterocycles. The quantitative estimate of drug-likeness (QED) is 0.842. The van der Waals surface area contributed by atoms with E-state index >= 15 is 0 Å². The fourth-order valence-electron chi connectivity index (χ4n) is 1.46. The van der Waals surface area contributed by atoms with Crippen molar-refractivity contribution in [1.82, 2.24) is 0 Å². The summed E-state index contributed by atoms with van der Waals surface area (Å²) >= 11 is 5.78. The lowest BCUT2D eigenvalue weighted by Crippen LogP contribution is -2.17. The van der Waals surface area contributed by atoms with Crippen molar-refractivity contribution < 1.29 is 22.6 Å². The van der Waals surface area contributed by atoms with Gasteiger partial charge in [-0.2, -0.15) is 0 Å². The van der Waals surface area contributed by atoms with Crippen LogP contribution in [0.1, 0.15) is 0 Å². The van der Waals surface area contributed by atoms with Gasteiger partial charge in [-0.25, -0.2) is 0 Å². The molecule has 0 aliphatic rings. The Balaban J connectivity index is 2.32. The van der Waals surface area contributed by atoms with E-state index in [4.69, 9.17) is 22.1 Å². The third-order valence-corrected chi connectivity index (χ3v) is 2.51. The van der Waals surface area contributed by atoms with Crippen LogP contribution in [0.4, 0.5) is 18.9 Å². The second-order valence-electron chi connectivity index (χ2n) is 3.78. The lowest BCUT2D eigenvalue weighted by atomic mass is 10.3. The molecule has 0 spiro atoms. The molecule has 0 heterocycles. The largest absolute Gasteiger partial charge is 0.573 e. The van der Waals surface area contributed by atoms with Crippen LogP contribution in [-0.2, 0) is 0 Å². The Hall–Kier alpha value is -2.08. The van der Waals surface area contributed by atoms with E-state index in [9.17, 15) is 13.2 Å². The Morgan fingerprint density at radius 3 is 2.25 bits per heavy atom. The highest BCUT2D eigenvalue weighted by molar-refractivity contribution is 6.30. The van der Waals surface area contributed by atoms with E-state index in [0.717, 1.165) is 6.07 Å². The zero-order chi connectivity index (χ0) is 14.8. The van der Waals surface area contributed by atoms with Crippen LogP contribution in [-0.4, -0.2) is 6.36 Å². The van der Waals surface area contributed by atoms with Gasteiger partial charge in [0.05, 0.1) is 5.69 Å². The maximum absolute atomic E-state index is 12.3. The van der Waals surface area contributed by atoms with Crippen molar-refractivity contribution >= 4 is 17.3 Å². The molecule has 0 radical (unpaired) electrons. The fraction of sp³-hybridized carbons (Fsp3) is 0.0769. The molecule has 0 amide bonds. The molecule has 0 unspecified atom stereocenters. The molecule has 2 aromatic rings. The molecule has 0 aliphatic carbocycles. The van der Waals surface area contributed by atoms with E-state index in [2.05, 4.69) is 4.74 Å². The van der Waals surface area contributed by atoms with E-state index in [1.165, 1.54) is 30.3 Å². The maximum atomic E-state index is 12.3. The topological polar surface area (TPSA) is 44.5 Å². The van der Waals surface area contributed by atoms with E-state index < -0.39 is 12.1 Å². The Bertz CT molecular complexity index is 617. The van der Waals surface area contributed by atoms with Gasteiger partial charge in [-0.05, 0) is 24.3 Å². The number of para-hydroxylation sites is 2. The first-order valence-corrected chi connectivity index (χ1v) is 5.80. The van der Waals surface area contributed by atoms with Crippen molar-refractivity contribution in [3.8, 4) is 17.2 Å². The third-order valence-electron chi connectivity index (χ3n) is 2.27. The molecule has 0 aliphatic heterocycles. The molecular formula is C13H9ClF3NO2. The number of hydrogen-bond donors (Lipinski definition) is 1. The second kappa shape index (κ2) is 5.50. The lowest BCUT2D eigenvalue weighted by molar-refractivity contribution is -0.275. The molecule has 0 atom stereocenters. The highest BCUT2D eigenvalue weighted by Crippen LogP contribution is 2.37. The third kappa shape index (κ3) is 3.71. The summed E-state index contributed by atoms with van der Waals surface area (Å²) in [6, 6.07) is 9.83. The molecule has 2 aromatic carbocycles. The van der Waals surface area contributed by atoms with Crippen LogP contribution in [0, 0.1) is 0 Å². The Labute approximate surface area is 117 Å². The molecule has 0 saturated carbocycles. The second-order valence-corrected chi connectivity index (χ2v) is 4.22. The van der Waals surface area contributed by atoms with Gasteiger partial charge in [-0.3, -0.25) is 0 Å². The van der Waals surface area contributed by atoms with E-state index in [-0.39, 0.29) is 17.2 Å².